The minimum absolute atomic E-state index is 0.0898. The van der Waals surface area contributed by atoms with E-state index < -0.39 is 11.1 Å². The van der Waals surface area contributed by atoms with Crippen molar-refractivity contribution in [2.45, 2.75) is 24.3 Å². The molecular weight excluding hydrogens is 385 g/mol. The number of hydrogen-bond acceptors (Lipinski definition) is 4. The number of aryl methyl sites for hydroxylation is 1. The Morgan fingerprint density at radius 2 is 1.89 bits per heavy atom. The molecule has 27 heavy (non-hydrogen) atoms. The highest BCUT2D eigenvalue weighted by atomic mass is 35.5. The smallest absolute Gasteiger partial charge is 0.237 e. The number of carbonyl (C=O) groups is 1. The molecule has 1 atom stereocenters. The van der Waals surface area contributed by atoms with E-state index in [4.69, 9.17) is 11.6 Å². The number of amides is 1. The Kier molecular flexibility index (Phi) is 6.08. The van der Waals surface area contributed by atoms with Gasteiger partial charge in [-0.1, -0.05) is 53.7 Å². The van der Waals surface area contributed by atoms with Crippen LogP contribution in [0.15, 0.2) is 59.8 Å². The van der Waals surface area contributed by atoms with Crippen molar-refractivity contribution in [3.05, 3.63) is 71.1 Å². The van der Waals surface area contributed by atoms with E-state index in [0.717, 1.165) is 23.0 Å². The minimum atomic E-state index is -0.578. The number of carbonyl (C=O) groups excluding carboxylic acids is 1. The number of hydrogen-bond donors (Lipinski definition) is 1. The van der Waals surface area contributed by atoms with Gasteiger partial charge in [-0.3, -0.25) is 4.79 Å². The highest BCUT2D eigenvalue weighted by Gasteiger charge is 2.18. The Morgan fingerprint density at radius 1 is 1.15 bits per heavy atom. The van der Waals surface area contributed by atoms with Gasteiger partial charge in [-0.15, -0.1) is 0 Å². The van der Waals surface area contributed by atoms with Gasteiger partial charge in [0.05, 0.1) is 16.6 Å². The number of thioether (sulfide) groups is 1. The molecule has 1 heterocycles. The van der Waals surface area contributed by atoms with Gasteiger partial charge in [0.15, 0.2) is 5.16 Å². The molecule has 0 radical (unpaired) electrons. The van der Waals surface area contributed by atoms with E-state index in [1.54, 1.807) is 6.92 Å². The van der Waals surface area contributed by atoms with Crippen molar-refractivity contribution < 1.29 is 9.18 Å². The van der Waals surface area contributed by atoms with Crippen LogP contribution in [0.2, 0.25) is 5.02 Å². The van der Waals surface area contributed by atoms with Gasteiger partial charge in [0, 0.05) is 16.3 Å². The first-order chi connectivity index (χ1) is 12.9. The van der Waals surface area contributed by atoms with Gasteiger partial charge in [0.25, 0.3) is 0 Å². The van der Waals surface area contributed by atoms with Gasteiger partial charge in [0.1, 0.15) is 5.82 Å². The molecule has 3 rings (SSSR count). The Morgan fingerprint density at radius 3 is 2.59 bits per heavy atom. The second kappa shape index (κ2) is 8.50. The molecule has 0 spiro atoms. The van der Waals surface area contributed by atoms with Crippen LogP contribution in [0, 0.1) is 12.7 Å². The average Bonchev–Trinajstić information content (AvgIpc) is 2.64. The van der Waals surface area contributed by atoms with Gasteiger partial charge in [0.2, 0.25) is 5.91 Å². The first-order valence-electron chi connectivity index (χ1n) is 8.26. The molecule has 138 valence electrons. The average molecular weight is 402 g/mol. The molecule has 0 aliphatic heterocycles. The summed E-state index contributed by atoms with van der Waals surface area (Å²) in [5.41, 5.74) is 2.67. The maximum Gasteiger partial charge on any atom is 0.237 e. The molecule has 2 aromatic carbocycles. The van der Waals surface area contributed by atoms with Crippen LogP contribution in [0.5, 0.6) is 0 Å². The van der Waals surface area contributed by atoms with E-state index in [1.807, 2.05) is 43.3 Å². The zero-order valence-corrected chi connectivity index (χ0v) is 16.3. The van der Waals surface area contributed by atoms with Crippen molar-refractivity contribution in [2.24, 2.45) is 0 Å². The maximum absolute atomic E-state index is 13.9. The maximum atomic E-state index is 13.9. The van der Waals surface area contributed by atoms with Crippen LogP contribution in [-0.4, -0.2) is 21.1 Å². The molecule has 0 saturated carbocycles. The highest BCUT2D eigenvalue weighted by molar-refractivity contribution is 8.00. The van der Waals surface area contributed by atoms with Crippen molar-refractivity contribution in [1.29, 1.82) is 0 Å². The Labute approximate surface area is 166 Å². The first-order valence-corrected chi connectivity index (χ1v) is 9.52. The van der Waals surface area contributed by atoms with Crippen LogP contribution < -0.4 is 5.32 Å². The quantitative estimate of drug-likeness (QED) is 0.461. The Bertz CT molecular complexity index is 969. The van der Waals surface area contributed by atoms with Crippen LogP contribution in [0.25, 0.3) is 11.3 Å². The fraction of sp³-hybridized carbons (Fsp3) is 0.150. The van der Waals surface area contributed by atoms with Gasteiger partial charge in [-0.2, -0.15) is 0 Å². The van der Waals surface area contributed by atoms with Crippen molar-refractivity contribution in [3.63, 3.8) is 0 Å². The van der Waals surface area contributed by atoms with Crippen LogP contribution >= 0.6 is 23.4 Å². The number of nitrogens with zero attached hydrogens (tertiary/aromatic N) is 2. The van der Waals surface area contributed by atoms with E-state index in [-0.39, 0.29) is 16.6 Å². The van der Waals surface area contributed by atoms with Crippen LogP contribution in [0.4, 0.5) is 10.1 Å². The summed E-state index contributed by atoms with van der Waals surface area (Å²) in [6.45, 7) is 3.60. The van der Waals surface area contributed by atoms with E-state index in [0.29, 0.717) is 5.16 Å². The van der Waals surface area contributed by atoms with E-state index in [9.17, 15) is 9.18 Å². The molecule has 7 heteroatoms. The molecule has 0 fully saturated rings. The number of aromatic nitrogens is 2. The summed E-state index contributed by atoms with van der Waals surface area (Å²) in [5.74, 6) is -0.918. The zero-order valence-electron chi connectivity index (χ0n) is 14.7. The summed E-state index contributed by atoms with van der Waals surface area (Å²) in [6, 6.07) is 15.8. The van der Waals surface area contributed by atoms with Crippen molar-refractivity contribution >= 4 is 35.0 Å². The molecule has 0 saturated heterocycles. The molecule has 0 aliphatic carbocycles. The summed E-state index contributed by atoms with van der Waals surface area (Å²) >= 11 is 6.95. The molecule has 1 amide bonds. The highest BCUT2D eigenvalue weighted by Crippen LogP contribution is 2.26. The third-order valence-electron chi connectivity index (χ3n) is 3.74. The van der Waals surface area contributed by atoms with Gasteiger partial charge in [-0.05, 0) is 38.1 Å². The minimum Gasteiger partial charge on any atom is -0.323 e. The first kappa shape index (κ1) is 19.3. The lowest BCUT2D eigenvalue weighted by molar-refractivity contribution is -0.115. The topological polar surface area (TPSA) is 54.9 Å². The molecule has 0 aliphatic rings. The number of rotatable bonds is 5. The van der Waals surface area contributed by atoms with Crippen molar-refractivity contribution in [2.75, 3.05) is 5.32 Å². The van der Waals surface area contributed by atoms with E-state index in [1.165, 1.54) is 23.9 Å². The lowest BCUT2D eigenvalue weighted by atomic mass is 10.1. The molecular formula is C20H17ClFN3OS. The van der Waals surface area contributed by atoms with Crippen LogP contribution in [-0.2, 0) is 4.79 Å². The molecule has 4 nitrogen and oxygen atoms in total. The standard InChI is InChI=1S/C20H17ClFN3OS/c1-12-10-18(14-6-4-3-5-7-14)25-20(23-12)27-13(2)19(26)24-17-9-8-15(21)11-16(17)22/h3-11,13H,1-2H3,(H,24,26)/t13-/m0/s1. The lowest BCUT2D eigenvalue weighted by Crippen LogP contribution is -2.23. The second-order valence-corrected chi connectivity index (χ2v) is 7.66. The normalized spacial score (nSPS) is 11.9. The summed E-state index contributed by atoms with van der Waals surface area (Å²) in [6.07, 6.45) is 0. The van der Waals surface area contributed by atoms with Gasteiger partial charge >= 0.3 is 0 Å². The monoisotopic (exact) mass is 401 g/mol. The lowest BCUT2D eigenvalue weighted by Gasteiger charge is -2.13. The molecule has 0 unspecified atom stereocenters. The molecule has 1 aromatic heterocycles. The fourth-order valence-electron chi connectivity index (χ4n) is 2.39. The number of benzene rings is 2. The summed E-state index contributed by atoms with van der Waals surface area (Å²) in [4.78, 5) is 21.3. The van der Waals surface area contributed by atoms with Crippen molar-refractivity contribution in [1.82, 2.24) is 9.97 Å². The zero-order chi connectivity index (χ0) is 19.4. The summed E-state index contributed by atoms with van der Waals surface area (Å²) in [7, 11) is 0. The predicted octanol–water partition coefficient (Wildman–Crippen LogP) is 5.36. The third kappa shape index (κ3) is 5.05. The van der Waals surface area contributed by atoms with Crippen LogP contribution in [0.3, 0.4) is 0 Å². The Balaban J connectivity index is 1.74. The Hall–Kier alpha value is -2.44. The predicted molar refractivity (Wildman–Crippen MR) is 108 cm³/mol. The molecule has 1 N–H and O–H groups in total. The van der Waals surface area contributed by atoms with Crippen LogP contribution in [0.1, 0.15) is 12.6 Å². The summed E-state index contributed by atoms with van der Waals surface area (Å²) < 4.78 is 13.9. The molecule has 0 bridgehead atoms. The number of nitrogens with one attached hydrogen (secondary N) is 1. The fourth-order valence-corrected chi connectivity index (χ4v) is 3.38. The molecule has 3 aromatic rings. The van der Waals surface area contributed by atoms with Gasteiger partial charge in [-0.25, -0.2) is 14.4 Å². The van der Waals surface area contributed by atoms with Gasteiger partial charge < -0.3 is 5.32 Å². The van der Waals surface area contributed by atoms with Crippen molar-refractivity contribution in [3.8, 4) is 11.3 Å². The second-order valence-electron chi connectivity index (χ2n) is 5.92. The number of anilines is 1. The SMILES string of the molecule is Cc1cc(-c2ccccc2)nc(S[C@@H](C)C(=O)Nc2ccc(Cl)cc2F)n1. The third-order valence-corrected chi connectivity index (χ3v) is 4.94. The van der Waals surface area contributed by atoms with E-state index >= 15 is 0 Å². The largest absolute Gasteiger partial charge is 0.323 e. The number of halogens is 2. The van der Waals surface area contributed by atoms with E-state index in [2.05, 4.69) is 15.3 Å². The summed E-state index contributed by atoms with van der Waals surface area (Å²) in [5, 5.41) is 2.83.